The standard InChI is InChI=1S/C16H21N5O2S/c1-11-7-13(20-19-11)14(22)21-5-2-3-16(10-21)8-12(9-23-16)18-15-17-4-6-24-15/h4,6-7,12H,2-3,5,8-10H2,1H3,(H,17,18)(H,19,20)/t12-,16-/m0/s1. The summed E-state index contributed by atoms with van der Waals surface area (Å²) in [4.78, 5) is 18.8. The lowest BCUT2D eigenvalue weighted by Gasteiger charge is -2.39. The zero-order chi connectivity index (χ0) is 16.6. The molecule has 2 aromatic heterocycles. The van der Waals surface area contributed by atoms with Crippen molar-refractivity contribution in [3.63, 3.8) is 0 Å². The Balaban J connectivity index is 1.42. The Bertz CT molecular complexity index is 716. The van der Waals surface area contributed by atoms with E-state index in [0.29, 0.717) is 18.8 Å². The molecule has 0 radical (unpaired) electrons. The van der Waals surface area contributed by atoms with Crippen LogP contribution < -0.4 is 5.32 Å². The zero-order valence-corrected chi connectivity index (χ0v) is 14.4. The van der Waals surface area contributed by atoms with Crippen LogP contribution in [0.15, 0.2) is 17.6 Å². The highest BCUT2D eigenvalue weighted by Gasteiger charge is 2.45. The van der Waals surface area contributed by atoms with Crippen LogP contribution >= 0.6 is 11.3 Å². The molecule has 2 N–H and O–H groups in total. The van der Waals surface area contributed by atoms with Crippen molar-refractivity contribution in [2.24, 2.45) is 0 Å². The number of anilines is 1. The molecule has 4 rings (SSSR count). The molecule has 2 aliphatic rings. The number of hydrogen-bond acceptors (Lipinski definition) is 6. The van der Waals surface area contributed by atoms with Gasteiger partial charge in [-0.15, -0.1) is 11.3 Å². The van der Waals surface area contributed by atoms with Gasteiger partial charge >= 0.3 is 0 Å². The average Bonchev–Trinajstić information content (AvgIpc) is 3.30. The first kappa shape index (κ1) is 15.6. The molecule has 2 atom stereocenters. The van der Waals surface area contributed by atoms with E-state index in [4.69, 9.17) is 4.74 Å². The number of hydrogen-bond donors (Lipinski definition) is 2. The van der Waals surface area contributed by atoms with E-state index in [0.717, 1.165) is 36.6 Å². The largest absolute Gasteiger partial charge is 0.371 e. The third kappa shape index (κ3) is 3.03. The Morgan fingerprint density at radius 2 is 2.50 bits per heavy atom. The smallest absolute Gasteiger partial charge is 0.274 e. The van der Waals surface area contributed by atoms with Crippen molar-refractivity contribution >= 4 is 22.4 Å². The van der Waals surface area contributed by atoms with Gasteiger partial charge in [-0.25, -0.2) is 4.98 Å². The number of nitrogens with zero attached hydrogens (tertiary/aromatic N) is 3. The second-order valence-electron chi connectivity index (χ2n) is 6.64. The highest BCUT2D eigenvalue weighted by atomic mass is 32.1. The van der Waals surface area contributed by atoms with Crippen molar-refractivity contribution in [1.82, 2.24) is 20.1 Å². The molecule has 1 spiro atoms. The van der Waals surface area contributed by atoms with Gasteiger partial charge in [-0.05, 0) is 25.8 Å². The number of nitrogens with one attached hydrogen (secondary N) is 2. The number of aromatic nitrogens is 3. The van der Waals surface area contributed by atoms with Crippen LogP contribution in [-0.2, 0) is 4.74 Å². The maximum atomic E-state index is 12.7. The van der Waals surface area contributed by atoms with E-state index in [2.05, 4.69) is 20.5 Å². The van der Waals surface area contributed by atoms with Gasteiger partial charge in [0.25, 0.3) is 5.91 Å². The fraction of sp³-hybridized carbons (Fsp3) is 0.562. The van der Waals surface area contributed by atoms with Crippen molar-refractivity contribution in [3.8, 4) is 0 Å². The Morgan fingerprint density at radius 3 is 3.25 bits per heavy atom. The number of thiazole rings is 1. The molecule has 0 aliphatic carbocycles. The van der Waals surface area contributed by atoms with Gasteiger partial charge in [-0.2, -0.15) is 5.10 Å². The minimum Gasteiger partial charge on any atom is -0.371 e. The number of carbonyl (C=O) groups excluding carboxylic acids is 1. The Kier molecular flexibility index (Phi) is 4.01. The van der Waals surface area contributed by atoms with E-state index in [9.17, 15) is 4.79 Å². The zero-order valence-electron chi connectivity index (χ0n) is 13.6. The maximum Gasteiger partial charge on any atom is 0.274 e. The molecule has 2 aromatic rings. The molecule has 24 heavy (non-hydrogen) atoms. The molecule has 0 saturated carbocycles. The number of likely N-dealkylation sites (tertiary alicyclic amines) is 1. The van der Waals surface area contributed by atoms with Gasteiger partial charge in [-0.3, -0.25) is 9.89 Å². The quantitative estimate of drug-likeness (QED) is 0.888. The topological polar surface area (TPSA) is 83.1 Å². The summed E-state index contributed by atoms with van der Waals surface area (Å²) < 4.78 is 6.16. The number of carbonyl (C=O) groups is 1. The highest BCUT2D eigenvalue weighted by Crippen LogP contribution is 2.36. The number of piperidine rings is 1. The fourth-order valence-corrected chi connectivity index (χ4v) is 4.26. The predicted octanol–water partition coefficient (Wildman–Crippen LogP) is 2.05. The molecule has 1 amide bonds. The first-order chi connectivity index (χ1) is 11.6. The number of amides is 1. The van der Waals surface area contributed by atoms with Gasteiger partial charge in [-0.1, -0.05) is 0 Å². The molecule has 8 heteroatoms. The summed E-state index contributed by atoms with van der Waals surface area (Å²) in [5.74, 6) is -0.0154. The van der Waals surface area contributed by atoms with Gasteiger partial charge in [0, 0.05) is 30.2 Å². The summed E-state index contributed by atoms with van der Waals surface area (Å²) in [5.41, 5.74) is 1.14. The number of aromatic amines is 1. The molecular formula is C16H21N5O2S. The van der Waals surface area contributed by atoms with Crippen molar-refractivity contribution < 1.29 is 9.53 Å². The van der Waals surface area contributed by atoms with Crippen molar-refractivity contribution in [2.45, 2.75) is 37.8 Å². The van der Waals surface area contributed by atoms with Crippen LogP contribution in [0.25, 0.3) is 0 Å². The van der Waals surface area contributed by atoms with E-state index in [1.54, 1.807) is 23.6 Å². The monoisotopic (exact) mass is 347 g/mol. The van der Waals surface area contributed by atoms with Crippen LogP contribution in [0.3, 0.4) is 0 Å². The third-order valence-corrected chi connectivity index (χ3v) is 5.43. The van der Waals surface area contributed by atoms with Crippen LogP contribution in [0.2, 0.25) is 0 Å². The van der Waals surface area contributed by atoms with Crippen LogP contribution in [0.4, 0.5) is 5.13 Å². The summed E-state index contributed by atoms with van der Waals surface area (Å²) >= 11 is 1.60. The summed E-state index contributed by atoms with van der Waals surface area (Å²) in [6, 6.07) is 2.05. The van der Waals surface area contributed by atoms with Gasteiger partial charge in [0.05, 0.1) is 24.8 Å². The van der Waals surface area contributed by atoms with E-state index < -0.39 is 0 Å². The molecular weight excluding hydrogens is 326 g/mol. The van der Waals surface area contributed by atoms with Gasteiger partial charge in [0.15, 0.2) is 5.13 Å². The second kappa shape index (κ2) is 6.18. The predicted molar refractivity (Wildman–Crippen MR) is 91.3 cm³/mol. The fourth-order valence-electron chi connectivity index (χ4n) is 3.65. The third-order valence-electron chi connectivity index (χ3n) is 4.72. The van der Waals surface area contributed by atoms with E-state index in [-0.39, 0.29) is 17.6 Å². The Labute approximate surface area is 144 Å². The average molecular weight is 347 g/mol. The van der Waals surface area contributed by atoms with Gasteiger partial charge < -0.3 is 15.0 Å². The van der Waals surface area contributed by atoms with Crippen LogP contribution in [-0.4, -0.2) is 57.3 Å². The number of rotatable bonds is 3. The lowest BCUT2D eigenvalue weighted by molar-refractivity contribution is -0.0448. The molecule has 0 aromatic carbocycles. The molecule has 0 unspecified atom stereocenters. The first-order valence-corrected chi connectivity index (χ1v) is 9.13. The summed E-state index contributed by atoms with van der Waals surface area (Å²) in [6.45, 7) is 3.95. The maximum absolute atomic E-state index is 12.7. The number of ether oxygens (including phenoxy) is 1. The molecule has 2 aliphatic heterocycles. The molecule has 4 heterocycles. The number of H-pyrrole nitrogens is 1. The van der Waals surface area contributed by atoms with E-state index >= 15 is 0 Å². The van der Waals surface area contributed by atoms with E-state index in [1.165, 1.54) is 0 Å². The van der Waals surface area contributed by atoms with Crippen LogP contribution in [0.1, 0.15) is 35.4 Å². The van der Waals surface area contributed by atoms with E-state index in [1.807, 2.05) is 17.2 Å². The van der Waals surface area contributed by atoms with Crippen LogP contribution in [0, 0.1) is 6.92 Å². The SMILES string of the molecule is Cc1cc(C(=O)N2CCC[C@]3(C[C@H](Nc4nccs4)CO3)C2)n[nH]1. The normalized spacial score (nSPS) is 26.9. The van der Waals surface area contributed by atoms with Crippen molar-refractivity contribution in [1.29, 1.82) is 0 Å². The molecule has 7 nitrogen and oxygen atoms in total. The first-order valence-electron chi connectivity index (χ1n) is 8.25. The summed E-state index contributed by atoms with van der Waals surface area (Å²) in [7, 11) is 0. The lowest BCUT2D eigenvalue weighted by atomic mass is 9.88. The van der Waals surface area contributed by atoms with Gasteiger partial charge in [0.1, 0.15) is 5.69 Å². The second-order valence-corrected chi connectivity index (χ2v) is 7.54. The van der Waals surface area contributed by atoms with Crippen LogP contribution in [0.5, 0.6) is 0 Å². The van der Waals surface area contributed by atoms with Crippen molar-refractivity contribution in [3.05, 3.63) is 29.0 Å². The van der Waals surface area contributed by atoms with Gasteiger partial charge in [0.2, 0.25) is 0 Å². The molecule has 128 valence electrons. The Hall–Kier alpha value is -1.93. The molecule has 0 bridgehead atoms. The minimum absolute atomic E-state index is 0.0154. The number of aryl methyl sites for hydroxylation is 1. The molecule has 2 fully saturated rings. The minimum atomic E-state index is -0.242. The summed E-state index contributed by atoms with van der Waals surface area (Å²) in [5, 5.41) is 13.3. The van der Waals surface area contributed by atoms with Crippen molar-refractivity contribution in [2.75, 3.05) is 25.0 Å². The Morgan fingerprint density at radius 1 is 1.58 bits per heavy atom. The molecule has 2 saturated heterocycles. The lowest BCUT2D eigenvalue weighted by Crippen LogP contribution is -2.50. The highest BCUT2D eigenvalue weighted by molar-refractivity contribution is 7.13. The summed E-state index contributed by atoms with van der Waals surface area (Å²) in [6.07, 6.45) is 4.65.